The highest BCUT2D eigenvalue weighted by atomic mass is 16.6. The molecule has 2 amide bonds. The fourth-order valence-corrected chi connectivity index (χ4v) is 3.65. The second-order valence-corrected chi connectivity index (χ2v) is 8.18. The van der Waals surface area contributed by atoms with E-state index in [0.717, 1.165) is 24.0 Å². The third-order valence-electron chi connectivity index (χ3n) is 4.91. The molecular weight excluding hydrogens is 370 g/mol. The molecule has 8 nitrogen and oxygen atoms in total. The predicted molar refractivity (Wildman–Crippen MR) is 109 cm³/mol. The zero-order valence-corrected chi connectivity index (χ0v) is 17.0. The first kappa shape index (κ1) is 19.2. The summed E-state index contributed by atoms with van der Waals surface area (Å²) in [6, 6.07) is 7.70. The summed E-state index contributed by atoms with van der Waals surface area (Å²) in [4.78, 5) is 36.6. The van der Waals surface area contributed by atoms with Crippen molar-refractivity contribution in [1.82, 2.24) is 15.0 Å². The minimum atomic E-state index is -0.674. The number of nitrogens with zero attached hydrogens (tertiary/aromatic N) is 5. The number of anilines is 2. The molecular formula is C21H25N5O3. The second kappa shape index (κ2) is 7.35. The van der Waals surface area contributed by atoms with Gasteiger partial charge >= 0.3 is 6.09 Å². The highest BCUT2D eigenvalue weighted by molar-refractivity contribution is 5.97. The predicted octanol–water partition coefficient (Wildman–Crippen LogP) is 2.58. The Labute approximate surface area is 170 Å². The molecule has 0 saturated carbocycles. The standard InChI is InChI=1S/C21H25N5O3/c1-21(2,3)29-20(28)26(25-13-9-16-7-5-11-23-19(16)25)14-17(27)24-12-8-15-6-4-10-22-18(15)24/h4-7,10-11H,8-9,12-14H2,1-3H3. The Morgan fingerprint density at radius 2 is 1.66 bits per heavy atom. The molecule has 4 heterocycles. The number of carbonyl (C=O) groups excluding carboxylic acids is 2. The number of fused-ring (bicyclic) bond motifs is 2. The van der Waals surface area contributed by atoms with Crippen LogP contribution in [0, 0.1) is 0 Å². The average molecular weight is 395 g/mol. The lowest BCUT2D eigenvalue weighted by Gasteiger charge is -2.34. The smallest absolute Gasteiger partial charge is 0.429 e. The van der Waals surface area contributed by atoms with E-state index in [0.29, 0.717) is 24.7 Å². The van der Waals surface area contributed by atoms with Gasteiger partial charge in [0.15, 0.2) is 5.82 Å². The quantitative estimate of drug-likeness (QED) is 0.795. The van der Waals surface area contributed by atoms with Crippen LogP contribution in [-0.4, -0.2) is 52.2 Å². The van der Waals surface area contributed by atoms with E-state index < -0.39 is 11.7 Å². The Morgan fingerprint density at radius 3 is 2.34 bits per heavy atom. The third-order valence-corrected chi connectivity index (χ3v) is 4.91. The van der Waals surface area contributed by atoms with Crippen LogP contribution in [0.1, 0.15) is 31.9 Å². The Hall–Kier alpha value is -3.16. The van der Waals surface area contributed by atoms with Crippen molar-refractivity contribution in [1.29, 1.82) is 0 Å². The average Bonchev–Trinajstić information content (AvgIpc) is 3.29. The van der Waals surface area contributed by atoms with Crippen LogP contribution in [0.4, 0.5) is 16.4 Å². The van der Waals surface area contributed by atoms with Crippen molar-refractivity contribution in [2.45, 2.75) is 39.2 Å². The lowest BCUT2D eigenvalue weighted by atomic mass is 10.2. The number of amides is 2. The fourth-order valence-electron chi connectivity index (χ4n) is 3.65. The molecule has 0 unspecified atom stereocenters. The molecule has 0 aliphatic carbocycles. The van der Waals surface area contributed by atoms with E-state index in [1.807, 2.05) is 45.0 Å². The Morgan fingerprint density at radius 1 is 1.03 bits per heavy atom. The maximum Gasteiger partial charge on any atom is 0.429 e. The number of ether oxygens (including phenoxy) is 1. The molecule has 0 fully saturated rings. The van der Waals surface area contributed by atoms with Crippen LogP contribution in [0.25, 0.3) is 0 Å². The number of aromatic nitrogens is 2. The van der Waals surface area contributed by atoms with Crippen LogP contribution in [0.3, 0.4) is 0 Å². The van der Waals surface area contributed by atoms with Crippen LogP contribution in [0.2, 0.25) is 0 Å². The van der Waals surface area contributed by atoms with E-state index in [9.17, 15) is 9.59 Å². The zero-order chi connectivity index (χ0) is 20.6. The van der Waals surface area contributed by atoms with Gasteiger partial charge in [-0.2, -0.15) is 0 Å². The van der Waals surface area contributed by atoms with Gasteiger partial charge in [-0.25, -0.2) is 19.8 Å². The summed E-state index contributed by atoms with van der Waals surface area (Å²) < 4.78 is 5.59. The zero-order valence-electron chi connectivity index (χ0n) is 17.0. The highest BCUT2D eigenvalue weighted by Crippen LogP contribution is 2.29. The van der Waals surface area contributed by atoms with Gasteiger partial charge in [-0.05, 0) is 56.9 Å². The van der Waals surface area contributed by atoms with Crippen molar-refractivity contribution in [3.05, 3.63) is 47.8 Å². The molecule has 152 valence electrons. The van der Waals surface area contributed by atoms with E-state index in [1.54, 1.807) is 22.3 Å². The molecule has 2 aromatic heterocycles. The highest BCUT2D eigenvalue weighted by Gasteiger charge is 2.36. The molecule has 0 atom stereocenters. The van der Waals surface area contributed by atoms with E-state index in [1.165, 1.54) is 5.01 Å². The first-order chi connectivity index (χ1) is 13.8. The van der Waals surface area contributed by atoms with Crippen molar-refractivity contribution < 1.29 is 14.3 Å². The van der Waals surface area contributed by atoms with Crippen molar-refractivity contribution >= 4 is 23.6 Å². The van der Waals surface area contributed by atoms with Crippen molar-refractivity contribution in [2.75, 3.05) is 29.5 Å². The minimum absolute atomic E-state index is 0.138. The minimum Gasteiger partial charge on any atom is -0.442 e. The summed E-state index contributed by atoms with van der Waals surface area (Å²) >= 11 is 0. The number of hydrogen-bond acceptors (Lipinski definition) is 6. The van der Waals surface area contributed by atoms with Crippen LogP contribution >= 0.6 is 0 Å². The molecule has 2 aliphatic heterocycles. The number of rotatable bonds is 3. The Bertz CT molecular complexity index is 940. The van der Waals surface area contributed by atoms with Gasteiger partial charge in [0, 0.05) is 25.5 Å². The molecule has 2 aliphatic rings. The first-order valence-corrected chi connectivity index (χ1v) is 9.79. The first-order valence-electron chi connectivity index (χ1n) is 9.79. The van der Waals surface area contributed by atoms with Gasteiger partial charge in [0.2, 0.25) is 5.91 Å². The lowest BCUT2D eigenvalue weighted by Crippen LogP contribution is -2.53. The molecule has 0 saturated heterocycles. The van der Waals surface area contributed by atoms with Crippen molar-refractivity contribution in [3.8, 4) is 0 Å². The van der Waals surface area contributed by atoms with E-state index in [4.69, 9.17) is 4.74 Å². The molecule has 0 bridgehead atoms. The fraction of sp³-hybridized carbons (Fsp3) is 0.429. The Kier molecular flexibility index (Phi) is 4.86. The molecule has 2 aromatic rings. The summed E-state index contributed by atoms with van der Waals surface area (Å²) in [7, 11) is 0. The van der Waals surface area contributed by atoms with Gasteiger partial charge in [-0.15, -0.1) is 0 Å². The van der Waals surface area contributed by atoms with Gasteiger partial charge in [0.1, 0.15) is 18.0 Å². The molecule has 0 aromatic carbocycles. The van der Waals surface area contributed by atoms with Gasteiger partial charge in [0.05, 0.1) is 0 Å². The van der Waals surface area contributed by atoms with E-state index in [2.05, 4.69) is 9.97 Å². The van der Waals surface area contributed by atoms with Crippen molar-refractivity contribution in [2.24, 2.45) is 0 Å². The molecule has 29 heavy (non-hydrogen) atoms. The summed E-state index contributed by atoms with van der Waals surface area (Å²) in [5, 5.41) is 3.12. The van der Waals surface area contributed by atoms with Gasteiger partial charge in [-0.3, -0.25) is 14.7 Å². The van der Waals surface area contributed by atoms with Crippen LogP contribution in [-0.2, 0) is 22.4 Å². The van der Waals surface area contributed by atoms with Gasteiger partial charge in [-0.1, -0.05) is 12.1 Å². The summed E-state index contributed by atoms with van der Waals surface area (Å²) in [5.74, 6) is 1.16. The molecule has 0 radical (unpaired) electrons. The summed E-state index contributed by atoms with van der Waals surface area (Å²) in [5.41, 5.74) is 1.41. The van der Waals surface area contributed by atoms with E-state index >= 15 is 0 Å². The van der Waals surface area contributed by atoms with Crippen LogP contribution < -0.4 is 9.91 Å². The lowest BCUT2D eigenvalue weighted by molar-refractivity contribution is -0.119. The monoisotopic (exact) mass is 395 g/mol. The topological polar surface area (TPSA) is 78.9 Å². The van der Waals surface area contributed by atoms with Crippen molar-refractivity contribution in [3.63, 3.8) is 0 Å². The number of carbonyl (C=O) groups is 2. The Balaban J connectivity index is 1.60. The second-order valence-electron chi connectivity index (χ2n) is 8.18. The maximum absolute atomic E-state index is 13.1. The third kappa shape index (κ3) is 3.87. The maximum atomic E-state index is 13.1. The van der Waals surface area contributed by atoms with Crippen LogP contribution in [0.5, 0.6) is 0 Å². The van der Waals surface area contributed by atoms with E-state index in [-0.39, 0.29) is 12.5 Å². The SMILES string of the molecule is CC(C)(C)OC(=O)N(CC(=O)N1CCc2cccnc21)N1CCc2cccnc21. The molecule has 0 N–H and O–H groups in total. The molecule has 0 spiro atoms. The number of hydrazine groups is 1. The van der Waals surface area contributed by atoms with Gasteiger partial charge in [0.25, 0.3) is 0 Å². The summed E-state index contributed by atoms with van der Waals surface area (Å²) in [6.45, 7) is 6.40. The molecule has 8 heteroatoms. The van der Waals surface area contributed by atoms with Gasteiger partial charge < -0.3 is 4.74 Å². The van der Waals surface area contributed by atoms with Crippen LogP contribution in [0.15, 0.2) is 36.7 Å². The molecule has 4 rings (SSSR count). The number of pyridine rings is 2. The number of hydrogen-bond donors (Lipinski definition) is 0. The normalized spacial score (nSPS) is 15.1. The largest absolute Gasteiger partial charge is 0.442 e. The summed E-state index contributed by atoms with van der Waals surface area (Å²) in [6.07, 6.45) is 4.31.